The van der Waals surface area contributed by atoms with Crippen molar-refractivity contribution < 1.29 is 0 Å². The molecule has 0 aliphatic rings. The average Bonchev–Trinajstić information content (AvgIpc) is 2.20. The Kier molecular flexibility index (Phi) is 5.02. The number of nitrogens with zero attached hydrogens (tertiary/aromatic N) is 1. The molecule has 0 aliphatic heterocycles. The summed E-state index contributed by atoms with van der Waals surface area (Å²) < 4.78 is 0. The third-order valence-electron chi connectivity index (χ3n) is 2.41. The van der Waals surface area contributed by atoms with Gasteiger partial charge in [-0.05, 0) is 12.5 Å². The van der Waals surface area contributed by atoms with Crippen LogP contribution in [0.1, 0.15) is 18.4 Å². The van der Waals surface area contributed by atoms with Crippen LogP contribution in [0.15, 0.2) is 30.3 Å². The Balaban J connectivity index is 2.28. The normalized spacial score (nSPS) is 12.0. The van der Waals surface area contributed by atoms with Crippen LogP contribution in [-0.2, 0) is 6.04 Å². The maximum absolute atomic E-state index is 8.43. The van der Waals surface area contributed by atoms with Crippen LogP contribution in [0.25, 0.3) is 0 Å². The van der Waals surface area contributed by atoms with Gasteiger partial charge in [0.15, 0.2) is 0 Å². The van der Waals surface area contributed by atoms with Gasteiger partial charge in [-0.15, -0.1) is 0 Å². The first-order valence-corrected chi connectivity index (χ1v) is 8.02. The third kappa shape index (κ3) is 4.24. The van der Waals surface area contributed by atoms with E-state index in [-0.39, 0.29) is 0 Å². The van der Waals surface area contributed by atoms with E-state index in [1.807, 2.05) is 0 Å². The van der Waals surface area contributed by atoms with Crippen molar-refractivity contribution >= 4 is 8.80 Å². The highest BCUT2D eigenvalue weighted by Crippen LogP contribution is 2.08. The van der Waals surface area contributed by atoms with E-state index in [2.05, 4.69) is 42.9 Å². The van der Waals surface area contributed by atoms with Gasteiger partial charge in [-0.25, -0.2) is 0 Å². The van der Waals surface area contributed by atoms with Crippen LogP contribution in [0.2, 0.25) is 12.6 Å². The Hall–Kier alpha value is -1.07. The molecule has 0 saturated heterocycles. The molecule has 14 heavy (non-hydrogen) atoms. The van der Waals surface area contributed by atoms with Crippen molar-refractivity contribution in [3.05, 3.63) is 35.9 Å². The molecule has 0 fully saturated rings. The molecule has 1 nitrogen and oxygen atoms in total. The topological polar surface area (TPSA) is 23.8 Å². The summed E-state index contributed by atoms with van der Waals surface area (Å²) in [4.78, 5) is 0. The van der Waals surface area contributed by atoms with Crippen LogP contribution in [0.3, 0.4) is 0 Å². The summed E-state index contributed by atoms with van der Waals surface area (Å²) in [6, 6.07) is 15.4. The van der Waals surface area contributed by atoms with Crippen LogP contribution in [0, 0.1) is 11.3 Å². The number of hydrogen-bond donors (Lipinski definition) is 0. The van der Waals surface area contributed by atoms with Gasteiger partial charge in [-0.3, -0.25) is 0 Å². The minimum absolute atomic E-state index is 0.611. The van der Waals surface area contributed by atoms with Crippen LogP contribution in [0.5, 0.6) is 0 Å². The van der Waals surface area contributed by atoms with Gasteiger partial charge in [0.05, 0.1) is 6.07 Å². The fourth-order valence-electron chi connectivity index (χ4n) is 1.65. The molecule has 1 unspecified atom stereocenters. The summed E-state index contributed by atoms with van der Waals surface area (Å²) in [5.41, 5.74) is 1.46. The molecular formula is C12H17NSi. The van der Waals surface area contributed by atoms with E-state index >= 15 is 0 Å². The molecule has 0 bridgehead atoms. The third-order valence-corrected chi connectivity index (χ3v) is 4.97. The minimum Gasteiger partial charge on any atom is -0.198 e. The van der Waals surface area contributed by atoms with Gasteiger partial charge in [0.25, 0.3) is 0 Å². The average molecular weight is 203 g/mol. The molecule has 74 valence electrons. The predicted octanol–water partition coefficient (Wildman–Crippen LogP) is 2.93. The number of rotatable bonds is 5. The highest BCUT2D eigenvalue weighted by Gasteiger charge is 2.04. The molecule has 0 N–H and O–H groups in total. The van der Waals surface area contributed by atoms with Crippen LogP contribution in [0.4, 0.5) is 0 Å². The van der Waals surface area contributed by atoms with Crippen molar-refractivity contribution in [3.8, 4) is 6.07 Å². The van der Waals surface area contributed by atoms with Gasteiger partial charge in [-0.2, -0.15) is 5.26 Å². The second-order valence-electron chi connectivity index (χ2n) is 3.85. The zero-order valence-corrected chi connectivity index (χ0v) is 9.89. The minimum atomic E-state index is -0.611. The fourth-order valence-corrected chi connectivity index (χ4v) is 3.83. The molecular weight excluding hydrogens is 186 g/mol. The summed E-state index contributed by atoms with van der Waals surface area (Å²) in [7, 11) is -0.611. The lowest BCUT2D eigenvalue weighted by atomic mass is 10.2. The van der Waals surface area contributed by atoms with Crippen LogP contribution < -0.4 is 0 Å². The fraction of sp³-hybridized carbons (Fsp3) is 0.417. The van der Waals surface area contributed by atoms with Gasteiger partial charge in [0.2, 0.25) is 0 Å². The molecule has 0 aromatic heterocycles. The zero-order chi connectivity index (χ0) is 10.2. The van der Waals surface area contributed by atoms with Gasteiger partial charge >= 0.3 is 0 Å². The van der Waals surface area contributed by atoms with Gasteiger partial charge < -0.3 is 0 Å². The van der Waals surface area contributed by atoms with E-state index in [0.717, 1.165) is 12.8 Å². The maximum atomic E-state index is 8.43. The Morgan fingerprint density at radius 3 is 2.64 bits per heavy atom. The smallest absolute Gasteiger partial charge is 0.0621 e. The van der Waals surface area contributed by atoms with Crippen LogP contribution in [-0.4, -0.2) is 8.80 Å². The van der Waals surface area contributed by atoms with Gasteiger partial charge in [0.1, 0.15) is 0 Å². The molecule has 0 saturated carbocycles. The SMILES string of the molecule is C[SiH](CCCC#N)Cc1ccccc1. The van der Waals surface area contributed by atoms with Crippen molar-refractivity contribution in [2.75, 3.05) is 0 Å². The van der Waals surface area contributed by atoms with Crippen molar-refractivity contribution in [2.45, 2.75) is 31.5 Å². The first-order chi connectivity index (χ1) is 6.83. The molecule has 0 radical (unpaired) electrons. The van der Waals surface area contributed by atoms with Gasteiger partial charge in [-0.1, -0.05) is 48.5 Å². The molecule has 2 heteroatoms. The second kappa shape index (κ2) is 6.39. The van der Waals surface area contributed by atoms with E-state index in [9.17, 15) is 0 Å². The van der Waals surface area contributed by atoms with E-state index < -0.39 is 8.80 Å². The molecule has 1 aromatic rings. The van der Waals surface area contributed by atoms with Crippen molar-refractivity contribution in [1.82, 2.24) is 0 Å². The number of nitriles is 1. The Morgan fingerprint density at radius 1 is 1.29 bits per heavy atom. The molecule has 1 rings (SSSR count). The lowest BCUT2D eigenvalue weighted by Crippen LogP contribution is -2.11. The Labute approximate surface area is 88.0 Å². The largest absolute Gasteiger partial charge is 0.198 e. The summed E-state index contributed by atoms with van der Waals surface area (Å²) in [6.07, 6.45) is 1.82. The number of hydrogen-bond acceptors (Lipinski definition) is 1. The first kappa shape index (κ1) is 11.0. The Morgan fingerprint density at radius 2 is 2.00 bits per heavy atom. The molecule has 0 amide bonds. The highest BCUT2D eigenvalue weighted by molar-refractivity contribution is 6.56. The molecule has 0 aliphatic carbocycles. The molecule has 0 spiro atoms. The van der Waals surface area contributed by atoms with Gasteiger partial charge in [0, 0.05) is 15.2 Å². The van der Waals surface area contributed by atoms with E-state index in [1.54, 1.807) is 0 Å². The summed E-state index contributed by atoms with van der Waals surface area (Å²) >= 11 is 0. The van der Waals surface area contributed by atoms with Crippen molar-refractivity contribution in [1.29, 1.82) is 5.26 Å². The van der Waals surface area contributed by atoms with Crippen molar-refractivity contribution in [2.24, 2.45) is 0 Å². The second-order valence-corrected chi connectivity index (χ2v) is 7.04. The standard InChI is InChI=1S/C12H17NSi/c1-14(10-6-5-9-13)11-12-7-3-2-4-8-12/h2-4,7-8,14H,5-6,10-11H2,1H3. The van der Waals surface area contributed by atoms with E-state index in [1.165, 1.54) is 17.7 Å². The van der Waals surface area contributed by atoms with E-state index in [4.69, 9.17) is 5.26 Å². The molecule has 0 heterocycles. The number of unbranched alkanes of at least 4 members (excludes halogenated alkanes) is 1. The molecule has 1 aromatic carbocycles. The monoisotopic (exact) mass is 203 g/mol. The highest BCUT2D eigenvalue weighted by atomic mass is 28.3. The Bertz CT molecular complexity index is 289. The zero-order valence-electron chi connectivity index (χ0n) is 8.74. The quantitative estimate of drug-likeness (QED) is 0.533. The maximum Gasteiger partial charge on any atom is 0.0621 e. The predicted molar refractivity (Wildman–Crippen MR) is 62.8 cm³/mol. The lowest BCUT2D eigenvalue weighted by molar-refractivity contribution is 0.947. The molecule has 1 atom stereocenters. The summed E-state index contributed by atoms with van der Waals surface area (Å²) in [5, 5.41) is 8.43. The summed E-state index contributed by atoms with van der Waals surface area (Å²) in [6.45, 7) is 2.39. The number of benzene rings is 1. The summed E-state index contributed by atoms with van der Waals surface area (Å²) in [5.74, 6) is 0. The van der Waals surface area contributed by atoms with Crippen molar-refractivity contribution in [3.63, 3.8) is 0 Å². The van der Waals surface area contributed by atoms with E-state index in [0.29, 0.717) is 0 Å². The van der Waals surface area contributed by atoms with Crippen LogP contribution >= 0.6 is 0 Å². The first-order valence-electron chi connectivity index (χ1n) is 5.24. The lowest BCUT2D eigenvalue weighted by Gasteiger charge is -2.08.